The quantitative estimate of drug-likeness (QED) is 0.446. The van der Waals surface area contributed by atoms with E-state index in [2.05, 4.69) is 18.2 Å². The van der Waals surface area contributed by atoms with Crippen molar-refractivity contribution in [3.8, 4) is 16.9 Å². The second-order valence-corrected chi connectivity index (χ2v) is 4.67. The normalized spacial score (nSPS) is 9.68. The summed E-state index contributed by atoms with van der Waals surface area (Å²) < 4.78 is 11.0. The van der Waals surface area contributed by atoms with Crippen LogP contribution in [0.4, 0.5) is 0 Å². The summed E-state index contributed by atoms with van der Waals surface area (Å²) in [5.74, 6) is 1.21. The Hall–Kier alpha value is -2.00. The SMILES string of the molecule is CCOC(=N)CCCOc1ccccc1-c1ccccc1.Cl. The van der Waals surface area contributed by atoms with Gasteiger partial charge in [-0.05, 0) is 25.0 Å². The first-order valence-corrected chi connectivity index (χ1v) is 7.28. The maximum Gasteiger partial charge on any atom is 0.180 e. The van der Waals surface area contributed by atoms with Crippen molar-refractivity contribution in [3.05, 3.63) is 54.6 Å². The average molecular weight is 320 g/mol. The third kappa shape index (κ3) is 5.41. The molecule has 1 N–H and O–H groups in total. The highest BCUT2D eigenvalue weighted by Crippen LogP contribution is 2.29. The standard InChI is InChI=1S/C18H21NO2.ClH/c1-2-20-18(19)13-8-14-21-17-12-7-6-11-16(17)15-9-4-3-5-10-15;/h3-7,9-12,19H,2,8,13-14H2,1H3;1H. The zero-order valence-corrected chi connectivity index (χ0v) is 13.6. The van der Waals surface area contributed by atoms with Crippen molar-refractivity contribution in [1.29, 1.82) is 5.41 Å². The molecule has 0 aromatic heterocycles. The summed E-state index contributed by atoms with van der Waals surface area (Å²) >= 11 is 0. The molecule has 4 heteroatoms. The van der Waals surface area contributed by atoms with Crippen molar-refractivity contribution in [1.82, 2.24) is 0 Å². The van der Waals surface area contributed by atoms with Crippen molar-refractivity contribution in [3.63, 3.8) is 0 Å². The molecule has 0 unspecified atom stereocenters. The summed E-state index contributed by atoms with van der Waals surface area (Å²) in [5.41, 5.74) is 2.24. The van der Waals surface area contributed by atoms with Crippen molar-refractivity contribution < 1.29 is 9.47 Å². The second kappa shape index (κ2) is 9.85. The number of hydrogen-bond donors (Lipinski definition) is 1. The Balaban J connectivity index is 0.00000242. The van der Waals surface area contributed by atoms with Gasteiger partial charge in [0, 0.05) is 12.0 Å². The van der Waals surface area contributed by atoms with Gasteiger partial charge in [-0.15, -0.1) is 12.4 Å². The molecule has 0 spiro atoms. The van der Waals surface area contributed by atoms with E-state index in [0.717, 1.165) is 23.3 Å². The highest BCUT2D eigenvalue weighted by atomic mass is 35.5. The maximum atomic E-state index is 7.57. The lowest BCUT2D eigenvalue weighted by molar-refractivity contribution is 0.290. The highest BCUT2D eigenvalue weighted by molar-refractivity contribution is 5.85. The van der Waals surface area contributed by atoms with Crippen LogP contribution in [0.15, 0.2) is 54.6 Å². The van der Waals surface area contributed by atoms with Crippen LogP contribution >= 0.6 is 12.4 Å². The molecule has 0 aliphatic carbocycles. The molecule has 2 rings (SSSR count). The zero-order valence-electron chi connectivity index (χ0n) is 12.7. The largest absolute Gasteiger partial charge is 0.493 e. The Morgan fingerprint density at radius 2 is 1.68 bits per heavy atom. The highest BCUT2D eigenvalue weighted by Gasteiger charge is 2.05. The van der Waals surface area contributed by atoms with E-state index in [-0.39, 0.29) is 12.4 Å². The molecule has 2 aromatic rings. The van der Waals surface area contributed by atoms with E-state index in [0.29, 0.717) is 25.5 Å². The molecule has 0 radical (unpaired) electrons. The first-order valence-electron chi connectivity index (χ1n) is 7.28. The van der Waals surface area contributed by atoms with E-state index in [9.17, 15) is 0 Å². The Morgan fingerprint density at radius 1 is 1.00 bits per heavy atom. The maximum absolute atomic E-state index is 7.57. The fraction of sp³-hybridized carbons (Fsp3) is 0.278. The molecule has 0 atom stereocenters. The molecule has 2 aromatic carbocycles. The monoisotopic (exact) mass is 319 g/mol. The second-order valence-electron chi connectivity index (χ2n) is 4.67. The summed E-state index contributed by atoms with van der Waals surface area (Å²) in [5, 5.41) is 7.57. The third-order valence-corrected chi connectivity index (χ3v) is 3.10. The molecule has 0 saturated heterocycles. The lowest BCUT2D eigenvalue weighted by Gasteiger charge is -2.12. The van der Waals surface area contributed by atoms with Crippen LogP contribution in [-0.2, 0) is 4.74 Å². The molecule has 0 bridgehead atoms. The Labute approximate surface area is 138 Å². The average Bonchev–Trinajstić information content (AvgIpc) is 2.53. The number of rotatable bonds is 7. The molecule has 22 heavy (non-hydrogen) atoms. The predicted molar refractivity (Wildman–Crippen MR) is 93.2 cm³/mol. The number of benzene rings is 2. The number of halogens is 1. The molecular formula is C18H22ClNO2. The van der Waals surface area contributed by atoms with Crippen LogP contribution in [0, 0.1) is 5.41 Å². The van der Waals surface area contributed by atoms with Crippen molar-refractivity contribution in [2.24, 2.45) is 0 Å². The Bertz CT molecular complexity index is 572. The molecule has 0 aliphatic rings. The third-order valence-electron chi connectivity index (χ3n) is 3.10. The van der Waals surface area contributed by atoms with E-state index in [1.54, 1.807) is 0 Å². The van der Waals surface area contributed by atoms with E-state index in [1.807, 2.05) is 43.3 Å². The summed E-state index contributed by atoms with van der Waals surface area (Å²) in [4.78, 5) is 0. The number of para-hydroxylation sites is 1. The van der Waals surface area contributed by atoms with Crippen LogP contribution < -0.4 is 4.74 Å². The molecule has 0 amide bonds. The van der Waals surface area contributed by atoms with Gasteiger partial charge in [0.25, 0.3) is 0 Å². The molecule has 3 nitrogen and oxygen atoms in total. The minimum Gasteiger partial charge on any atom is -0.493 e. The number of hydrogen-bond acceptors (Lipinski definition) is 3. The van der Waals surface area contributed by atoms with Gasteiger partial charge in [-0.1, -0.05) is 48.5 Å². The summed E-state index contributed by atoms with van der Waals surface area (Å²) in [6.07, 6.45) is 1.39. The predicted octanol–water partition coefficient (Wildman–Crippen LogP) is 4.95. The van der Waals surface area contributed by atoms with Crippen LogP contribution in [0.5, 0.6) is 5.75 Å². The van der Waals surface area contributed by atoms with Crippen molar-refractivity contribution in [2.45, 2.75) is 19.8 Å². The Kier molecular flexibility index (Phi) is 8.08. The van der Waals surface area contributed by atoms with Gasteiger partial charge in [0.15, 0.2) is 5.90 Å². The van der Waals surface area contributed by atoms with Crippen LogP contribution in [0.1, 0.15) is 19.8 Å². The van der Waals surface area contributed by atoms with Crippen LogP contribution in [-0.4, -0.2) is 19.1 Å². The molecule has 0 aliphatic heterocycles. The van der Waals surface area contributed by atoms with E-state index in [4.69, 9.17) is 14.9 Å². The lowest BCUT2D eigenvalue weighted by Crippen LogP contribution is -2.06. The molecule has 0 fully saturated rings. The van der Waals surface area contributed by atoms with Gasteiger partial charge in [0.1, 0.15) is 5.75 Å². The molecule has 0 heterocycles. The first-order chi connectivity index (χ1) is 10.3. The van der Waals surface area contributed by atoms with Crippen molar-refractivity contribution >= 4 is 18.3 Å². The fourth-order valence-corrected chi connectivity index (χ4v) is 2.11. The van der Waals surface area contributed by atoms with Crippen LogP contribution in [0.25, 0.3) is 11.1 Å². The van der Waals surface area contributed by atoms with Gasteiger partial charge in [0.05, 0.1) is 13.2 Å². The summed E-state index contributed by atoms with van der Waals surface area (Å²) in [6.45, 7) is 3.02. The van der Waals surface area contributed by atoms with Crippen molar-refractivity contribution in [2.75, 3.05) is 13.2 Å². The Morgan fingerprint density at radius 3 is 2.41 bits per heavy atom. The first kappa shape index (κ1) is 18.1. The van der Waals surface area contributed by atoms with E-state index >= 15 is 0 Å². The molecule has 118 valence electrons. The summed E-state index contributed by atoms with van der Waals surface area (Å²) in [6, 6.07) is 18.2. The topological polar surface area (TPSA) is 42.3 Å². The molecular weight excluding hydrogens is 298 g/mol. The van der Waals surface area contributed by atoms with Gasteiger partial charge in [0.2, 0.25) is 0 Å². The van der Waals surface area contributed by atoms with Gasteiger partial charge < -0.3 is 9.47 Å². The van der Waals surface area contributed by atoms with Gasteiger partial charge >= 0.3 is 0 Å². The van der Waals surface area contributed by atoms with Gasteiger partial charge in [-0.25, -0.2) is 0 Å². The van der Waals surface area contributed by atoms with Gasteiger partial charge in [-0.3, -0.25) is 5.41 Å². The van der Waals surface area contributed by atoms with E-state index in [1.165, 1.54) is 0 Å². The molecule has 0 saturated carbocycles. The lowest BCUT2D eigenvalue weighted by atomic mass is 10.1. The minimum atomic E-state index is 0. The number of nitrogens with one attached hydrogen (secondary N) is 1. The zero-order chi connectivity index (χ0) is 14.9. The van der Waals surface area contributed by atoms with E-state index < -0.39 is 0 Å². The fourth-order valence-electron chi connectivity index (χ4n) is 2.11. The number of ether oxygens (including phenoxy) is 2. The van der Waals surface area contributed by atoms with Crippen LogP contribution in [0.3, 0.4) is 0 Å². The van der Waals surface area contributed by atoms with Crippen LogP contribution in [0.2, 0.25) is 0 Å². The minimum absolute atomic E-state index is 0. The van der Waals surface area contributed by atoms with Gasteiger partial charge in [-0.2, -0.15) is 0 Å². The smallest absolute Gasteiger partial charge is 0.180 e. The summed E-state index contributed by atoms with van der Waals surface area (Å²) in [7, 11) is 0.